The van der Waals surface area contributed by atoms with Gasteiger partial charge in [-0.2, -0.15) is 0 Å². The van der Waals surface area contributed by atoms with Gasteiger partial charge in [0.2, 0.25) is 5.91 Å². The number of carbonyl (C=O) groups excluding carboxylic acids is 1. The number of aromatic carboxylic acids is 1. The molecule has 1 heterocycles. The maximum atomic E-state index is 12.6. The highest BCUT2D eigenvalue weighted by Crippen LogP contribution is 2.29. The molecule has 1 aromatic rings. The largest absolute Gasteiger partial charge is 0.478 e. The van der Waals surface area contributed by atoms with Crippen molar-refractivity contribution in [3.63, 3.8) is 0 Å². The van der Waals surface area contributed by atoms with Crippen LogP contribution in [-0.4, -0.2) is 47.7 Å². The first-order chi connectivity index (χ1) is 11.1. The predicted octanol–water partition coefficient (Wildman–Crippen LogP) is 2.34. The molecule has 23 heavy (non-hydrogen) atoms. The van der Waals surface area contributed by atoms with Gasteiger partial charge in [0.15, 0.2) is 0 Å². The van der Waals surface area contributed by atoms with Crippen LogP contribution < -0.4 is 0 Å². The minimum Gasteiger partial charge on any atom is -0.478 e. The Morgan fingerprint density at radius 3 is 2.48 bits per heavy atom. The molecule has 124 valence electrons. The van der Waals surface area contributed by atoms with Crippen LogP contribution in [0.3, 0.4) is 0 Å². The molecule has 1 unspecified atom stereocenters. The van der Waals surface area contributed by atoms with Crippen LogP contribution in [0.15, 0.2) is 24.3 Å². The molecule has 1 saturated heterocycles. The topological polar surface area (TPSA) is 66.8 Å². The van der Waals surface area contributed by atoms with E-state index in [0.29, 0.717) is 24.8 Å². The maximum Gasteiger partial charge on any atom is 0.335 e. The average Bonchev–Trinajstić information content (AvgIpc) is 3.26. The number of aryl methyl sites for hydroxylation is 1. The molecule has 1 amide bonds. The van der Waals surface area contributed by atoms with E-state index in [4.69, 9.17) is 9.84 Å². The molecule has 1 aromatic carbocycles. The molecule has 2 aliphatic rings. The Bertz CT molecular complexity index is 559. The van der Waals surface area contributed by atoms with E-state index in [1.54, 1.807) is 24.3 Å². The van der Waals surface area contributed by atoms with Gasteiger partial charge in [0.05, 0.1) is 12.2 Å². The summed E-state index contributed by atoms with van der Waals surface area (Å²) in [5.74, 6) is -0.234. The summed E-state index contributed by atoms with van der Waals surface area (Å²) in [4.78, 5) is 25.4. The molecule has 0 aromatic heterocycles. The molecule has 5 heteroatoms. The molecular formula is C18H23NO4. The fourth-order valence-corrected chi connectivity index (χ4v) is 3.06. The van der Waals surface area contributed by atoms with Crippen molar-refractivity contribution >= 4 is 11.9 Å². The van der Waals surface area contributed by atoms with Gasteiger partial charge in [0.25, 0.3) is 0 Å². The highest BCUT2D eigenvalue weighted by atomic mass is 16.5. The number of nitrogens with zero attached hydrogens (tertiary/aromatic N) is 1. The lowest BCUT2D eigenvalue weighted by atomic mass is 10.1. The third-order valence-corrected chi connectivity index (χ3v) is 4.62. The van der Waals surface area contributed by atoms with Crippen LogP contribution in [0, 0.1) is 5.92 Å². The Morgan fingerprint density at radius 2 is 1.91 bits per heavy atom. The van der Waals surface area contributed by atoms with Gasteiger partial charge in [0.1, 0.15) is 0 Å². The number of carboxylic acid groups (broad SMARTS) is 1. The van der Waals surface area contributed by atoms with Crippen molar-refractivity contribution < 1.29 is 19.4 Å². The van der Waals surface area contributed by atoms with Gasteiger partial charge in [-0.1, -0.05) is 12.1 Å². The van der Waals surface area contributed by atoms with E-state index in [0.717, 1.165) is 44.6 Å². The Kier molecular flexibility index (Phi) is 4.96. The Labute approximate surface area is 136 Å². The first kappa shape index (κ1) is 16.0. The quantitative estimate of drug-likeness (QED) is 0.838. The van der Waals surface area contributed by atoms with E-state index < -0.39 is 5.97 Å². The summed E-state index contributed by atoms with van der Waals surface area (Å²) < 4.78 is 5.41. The highest BCUT2D eigenvalue weighted by molar-refractivity contribution is 5.87. The summed E-state index contributed by atoms with van der Waals surface area (Å²) in [7, 11) is 0. The number of amides is 1. The maximum absolute atomic E-state index is 12.6. The molecule has 0 spiro atoms. The first-order valence-corrected chi connectivity index (χ1v) is 8.33. The van der Waals surface area contributed by atoms with Crippen LogP contribution in [0.25, 0.3) is 0 Å². The Balaban J connectivity index is 1.53. The summed E-state index contributed by atoms with van der Waals surface area (Å²) in [6.45, 7) is 2.40. The van der Waals surface area contributed by atoms with Crippen molar-refractivity contribution in [3.8, 4) is 0 Å². The summed E-state index contributed by atoms with van der Waals surface area (Å²) in [5, 5.41) is 8.90. The third kappa shape index (κ3) is 4.32. The summed E-state index contributed by atoms with van der Waals surface area (Å²) in [6.07, 6.45) is 4.42. The van der Waals surface area contributed by atoms with E-state index >= 15 is 0 Å². The molecule has 5 nitrogen and oxygen atoms in total. The van der Waals surface area contributed by atoms with E-state index in [1.165, 1.54) is 0 Å². The second kappa shape index (κ2) is 7.13. The summed E-state index contributed by atoms with van der Waals surface area (Å²) in [5.41, 5.74) is 1.28. The number of benzene rings is 1. The fraction of sp³-hybridized carbons (Fsp3) is 0.556. The van der Waals surface area contributed by atoms with Crippen molar-refractivity contribution in [2.24, 2.45) is 5.92 Å². The van der Waals surface area contributed by atoms with Crippen molar-refractivity contribution in [3.05, 3.63) is 35.4 Å². The van der Waals surface area contributed by atoms with E-state index in [-0.39, 0.29) is 11.5 Å². The second-order valence-corrected chi connectivity index (χ2v) is 6.51. The second-order valence-electron chi connectivity index (χ2n) is 6.51. The van der Waals surface area contributed by atoms with Crippen LogP contribution in [0.2, 0.25) is 0 Å². The van der Waals surface area contributed by atoms with Gasteiger partial charge < -0.3 is 14.7 Å². The zero-order valence-corrected chi connectivity index (χ0v) is 13.2. The monoisotopic (exact) mass is 317 g/mol. The number of rotatable bonds is 7. The number of carbonyl (C=O) groups is 2. The lowest BCUT2D eigenvalue weighted by Gasteiger charge is -2.25. The van der Waals surface area contributed by atoms with E-state index in [2.05, 4.69) is 0 Å². The fourth-order valence-electron chi connectivity index (χ4n) is 3.06. The molecule has 1 atom stereocenters. The summed E-state index contributed by atoms with van der Waals surface area (Å²) >= 11 is 0. The van der Waals surface area contributed by atoms with Gasteiger partial charge in [0, 0.05) is 31.5 Å². The molecular weight excluding hydrogens is 294 g/mol. The standard InChI is InChI=1S/C18H23NO4/c20-17(8-3-13-1-4-15(5-2-13)18(21)22)19(16-6-7-16)11-14-9-10-23-12-14/h1-2,4-5,14,16H,3,6-12H2,(H,21,22). The van der Waals surface area contributed by atoms with E-state index in [9.17, 15) is 9.59 Å². The lowest BCUT2D eigenvalue weighted by Crippen LogP contribution is -2.37. The number of ether oxygens (including phenoxy) is 1. The molecule has 1 N–H and O–H groups in total. The smallest absolute Gasteiger partial charge is 0.335 e. The Morgan fingerprint density at radius 1 is 1.17 bits per heavy atom. The van der Waals surface area contributed by atoms with Crippen molar-refractivity contribution in [1.29, 1.82) is 0 Å². The Hall–Kier alpha value is -1.88. The van der Waals surface area contributed by atoms with Gasteiger partial charge >= 0.3 is 5.97 Å². The van der Waals surface area contributed by atoms with E-state index in [1.807, 2.05) is 4.90 Å². The molecule has 0 radical (unpaired) electrons. The zero-order valence-electron chi connectivity index (χ0n) is 13.2. The minimum absolute atomic E-state index is 0.210. The number of hydrogen-bond acceptors (Lipinski definition) is 3. The van der Waals surface area contributed by atoms with Gasteiger partial charge in [-0.05, 0) is 43.4 Å². The molecule has 2 fully saturated rings. The molecule has 1 aliphatic heterocycles. The molecule has 3 rings (SSSR count). The molecule has 1 saturated carbocycles. The molecule has 0 bridgehead atoms. The third-order valence-electron chi connectivity index (χ3n) is 4.62. The summed E-state index contributed by atoms with van der Waals surface area (Å²) in [6, 6.07) is 7.21. The van der Waals surface area contributed by atoms with Crippen LogP contribution in [-0.2, 0) is 16.0 Å². The van der Waals surface area contributed by atoms with Crippen LogP contribution in [0.4, 0.5) is 0 Å². The van der Waals surface area contributed by atoms with Gasteiger partial charge in [-0.15, -0.1) is 0 Å². The normalized spacial score (nSPS) is 20.4. The lowest BCUT2D eigenvalue weighted by molar-refractivity contribution is -0.132. The van der Waals surface area contributed by atoms with Crippen LogP contribution in [0.5, 0.6) is 0 Å². The van der Waals surface area contributed by atoms with Gasteiger partial charge in [-0.3, -0.25) is 4.79 Å². The van der Waals surface area contributed by atoms with Crippen LogP contribution >= 0.6 is 0 Å². The average molecular weight is 317 g/mol. The van der Waals surface area contributed by atoms with Crippen molar-refractivity contribution in [1.82, 2.24) is 4.90 Å². The SMILES string of the molecule is O=C(O)c1ccc(CCC(=O)N(CC2CCOC2)C2CC2)cc1. The predicted molar refractivity (Wildman–Crippen MR) is 85.4 cm³/mol. The number of hydrogen-bond donors (Lipinski definition) is 1. The van der Waals surface area contributed by atoms with Crippen molar-refractivity contribution in [2.75, 3.05) is 19.8 Å². The molecule has 1 aliphatic carbocycles. The zero-order chi connectivity index (χ0) is 16.2. The number of carboxylic acids is 1. The highest BCUT2D eigenvalue weighted by Gasteiger charge is 2.34. The first-order valence-electron chi connectivity index (χ1n) is 8.33. The minimum atomic E-state index is -0.925. The van der Waals surface area contributed by atoms with Crippen molar-refractivity contribution in [2.45, 2.75) is 38.1 Å². The van der Waals surface area contributed by atoms with Crippen LogP contribution in [0.1, 0.15) is 41.6 Å². The van der Waals surface area contributed by atoms with Gasteiger partial charge in [-0.25, -0.2) is 4.79 Å².